The van der Waals surface area contributed by atoms with Gasteiger partial charge in [-0.3, -0.25) is 0 Å². The Labute approximate surface area is 229 Å². The summed E-state index contributed by atoms with van der Waals surface area (Å²) in [5.74, 6) is 3.30. The fourth-order valence-corrected chi connectivity index (χ4v) is 7.37. The Bertz CT molecular complexity index is 1420. The number of ether oxygens (including phenoxy) is 2. The number of phenolic OH excluding ortho intramolecular Hbond substituents is 1. The van der Waals surface area contributed by atoms with Crippen molar-refractivity contribution in [1.29, 1.82) is 0 Å². The van der Waals surface area contributed by atoms with Gasteiger partial charge in [0.1, 0.15) is 29.7 Å². The zero-order valence-electron chi connectivity index (χ0n) is 22.6. The maximum atomic E-state index is 13.2. The van der Waals surface area contributed by atoms with Crippen LogP contribution in [0.15, 0.2) is 70.9 Å². The van der Waals surface area contributed by atoms with Crippen LogP contribution in [0.4, 0.5) is 4.39 Å². The minimum atomic E-state index is -0.291. The highest BCUT2D eigenvalue weighted by Crippen LogP contribution is 2.60. The molecule has 3 aliphatic carbocycles. The van der Waals surface area contributed by atoms with Crippen LogP contribution in [0, 0.1) is 23.1 Å². The van der Waals surface area contributed by atoms with Crippen molar-refractivity contribution in [1.82, 2.24) is 0 Å². The summed E-state index contributed by atoms with van der Waals surface area (Å²) < 4.78 is 24.6. The van der Waals surface area contributed by atoms with Crippen molar-refractivity contribution in [2.45, 2.75) is 58.0 Å². The lowest BCUT2D eigenvalue weighted by Gasteiger charge is -2.49. The van der Waals surface area contributed by atoms with E-state index in [1.54, 1.807) is 25.5 Å². The number of hydrogen-bond acceptors (Lipinski definition) is 5. The summed E-state index contributed by atoms with van der Waals surface area (Å²) >= 11 is 0. The zero-order valence-corrected chi connectivity index (χ0v) is 22.6. The summed E-state index contributed by atoms with van der Waals surface area (Å²) in [6, 6.07) is 17.8. The van der Waals surface area contributed by atoms with Crippen LogP contribution >= 0.6 is 0 Å². The first kappa shape index (κ1) is 25.6. The van der Waals surface area contributed by atoms with Crippen LogP contribution in [0.5, 0.6) is 17.2 Å². The number of benzene rings is 3. The average molecular weight is 527 g/mol. The van der Waals surface area contributed by atoms with Gasteiger partial charge in [-0.05, 0) is 128 Å². The molecule has 5 nitrogen and oxygen atoms in total. The summed E-state index contributed by atoms with van der Waals surface area (Å²) in [6.45, 7) is 2.70. The molecule has 6 rings (SSSR count). The summed E-state index contributed by atoms with van der Waals surface area (Å²) in [6.07, 6.45) is 8.50. The smallest absolute Gasteiger partial charge is 0.125 e. The minimum Gasteiger partial charge on any atom is -0.508 e. The number of halogens is 1. The van der Waals surface area contributed by atoms with E-state index in [9.17, 15) is 9.50 Å². The van der Waals surface area contributed by atoms with E-state index in [0.29, 0.717) is 35.9 Å². The molecule has 0 saturated heterocycles. The van der Waals surface area contributed by atoms with Crippen molar-refractivity contribution in [3.8, 4) is 17.2 Å². The van der Waals surface area contributed by atoms with Crippen LogP contribution in [-0.2, 0) is 13.0 Å². The molecule has 6 heteroatoms. The number of phenols is 1. The van der Waals surface area contributed by atoms with Crippen LogP contribution in [0.1, 0.15) is 67.2 Å². The quantitative estimate of drug-likeness (QED) is 0.268. The van der Waals surface area contributed by atoms with Gasteiger partial charge in [-0.15, -0.1) is 0 Å². The molecule has 0 amide bonds. The summed E-state index contributed by atoms with van der Waals surface area (Å²) in [5, 5.41) is 19.3. The third-order valence-electron chi connectivity index (χ3n) is 9.35. The predicted molar refractivity (Wildman–Crippen MR) is 151 cm³/mol. The maximum absolute atomic E-state index is 13.2. The Kier molecular flexibility index (Phi) is 6.88. The topological polar surface area (TPSA) is 63.4 Å². The zero-order chi connectivity index (χ0) is 27.0. The molecule has 0 unspecified atom stereocenters. The number of nitrogens with zero attached hydrogens (tertiary/aromatic N) is 2. The average Bonchev–Trinajstić information content (AvgIpc) is 3.28. The van der Waals surface area contributed by atoms with E-state index >= 15 is 0 Å². The van der Waals surface area contributed by atoms with Gasteiger partial charge in [0.25, 0.3) is 0 Å². The Morgan fingerprint density at radius 1 is 1.03 bits per heavy atom. The summed E-state index contributed by atoms with van der Waals surface area (Å²) in [4.78, 5) is 0. The standard InChI is InChI=1S/C33H35FN2O3/c1-33-16-15-28-27-11-7-25(37)18-22(27)4-10-29(28)30(33)12-14-32(33)36-35-19-21-3-13-31(38-2)23(17-21)20-39-26-8-5-24(34)6-9-26/h3,5-9,11,13,17-19,28-30,37H,4,10,12,14-16,20H2,1-2H3/b35-19-,36-32-/t28-,29-,30-,33+/m0/s1. The molecule has 0 heterocycles. The van der Waals surface area contributed by atoms with Crippen molar-refractivity contribution in [2.75, 3.05) is 7.11 Å². The molecule has 3 aromatic rings. The van der Waals surface area contributed by atoms with Gasteiger partial charge in [-0.2, -0.15) is 10.2 Å². The first-order chi connectivity index (χ1) is 18.9. The Morgan fingerprint density at radius 2 is 1.87 bits per heavy atom. The highest BCUT2D eigenvalue weighted by atomic mass is 19.1. The fourth-order valence-electron chi connectivity index (χ4n) is 7.37. The van der Waals surface area contributed by atoms with Gasteiger partial charge >= 0.3 is 0 Å². The van der Waals surface area contributed by atoms with Gasteiger partial charge in [-0.25, -0.2) is 4.39 Å². The molecular formula is C33H35FN2O3. The van der Waals surface area contributed by atoms with E-state index in [0.717, 1.165) is 42.6 Å². The number of fused-ring (bicyclic) bond motifs is 5. The normalized spacial score (nSPS) is 26.7. The molecular weight excluding hydrogens is 491 g/mol. The van der Waals surface area contributed by atoms with Crippen LogP contribution in [0.3, 0.4) is 0 Å². The molecule has 0 aliphatic heterocycles. The van der Waals surface area contributed by atoms with Crippen LogP contribution in [0.2, 0.25) is 0 Å². The number of aryl methyl sites for hydroxylation is 1. The lowest BCUT2D eigenvalue weighted by atomic mass is 9.55. The second-order valence-corrected chi connectivity index (χ2v) is 11.4. The number of hydrogen-bond donors (Lipinski definition) is 1. The number of aromatic hydroxyl groups is 1. The second-order valence-electron chi connectivity index (χ2n) is 11.4. The lowest BCUT2D eigenvalue weighted by Crippen LogP contribution is -2.42. The van der Waals surface area contributed by atoms with E-state index in [2.05, 4.69) is 18.1 Å². The highest BCUT2D eigenvalue weighted by molar-refractivity contribution is 5.93. The predicted octanol–water partition coefficient (Wildman–Crippen LogP) is 7.45. The Hall–Kier alpha value is -3.67. The molecule has 2 fully saturated rings. The van der Waals surface area contributed by atoms with E-state index in [-0.39, 0.29) is 11.2 Å². The number of methoxy groups -OCH3 is 1. The molecule has 0 bridgehead atoms. The van der Waals surface area contributed by atoms with Crippen LogP contribution in [0.25, 0.3) is 0 Å². The van der Waals surface area contributed by atoms with Crippen molar-refractivity contribution < 1.29 is 19.0 Å². The van der Waals surface area contributed by atoms with Crippen LogP contribution in [-0.4, -0.2) is 24.1 Å². The maximum Gasteiger partial charge on any atom is 0.125 e. The summed E-state index contributed by atoms with van der Waals surface area (Å²) in [5.41, 5.74) is 5.92. The molecule has 2 saturated carbocycles. The van der Waals surface area contributed by atoms with E-state index < -0.39 is 0 Å². The molecule has 3 aromatic carbocycles. The monoisotopic (exact) mass is 526 g/mol. The molecule has 0 aromatic heterocycles. The molecule has 0 radical (unpaired) electrons. The van der Waals surface area contributed by atoms with Gasteiger partial charge in [0.2, 0.25) is 0 Å². The SMILES string of the molecule is COc1ccc(/C=N\N=C2\CC[C@H]3[C@H]4CCc5cc(O)ccc5[C@@H]4CC[C@@]23C)cc1COc1ccc(F)cc1. The lowest BCUT2D eigenvalue weighted by molar-refractivity contribution is 0.0955. The van der Waals surface area contributed by atoms with E-state index in [4.69, 9.17) is 14.6 Å². The fraction of sp³-hybridized carbons (Fsp3) is 0.394. The van der Waals surface area contributed by atoms with Crippen molar-refractivity contribution in [2.24, 2.45) is 27.5 Å². The van der Waals surface area contributed by atoms with E-state index in [1.807, 2.05) is 30.3 Å². The van der Waals surface area contributed by atoms with Crippen molar-refractivity contribution >= 4 is 11.9 Å². The Balaban J connectivity index is 1.16. The molecule has 39 heavy (non-hydrogen) atoms. The molecule has 202 valence electrons. The van der Waals surface area contributed by atoms with Crippen molar-refractivity contribution in [3.05, 3.63) is 88.7 Å². The van der Waals surface area contributed by atoms with Gasteiger partial charge < -0.3 is 14.6 Å². The van der Waals surface area contributed by atoms with E-state index in [1.165, 1.54) is 41.8 Å². The Morgan fingerprint density at radius 3 is 2.69 bits per heavy atom. The minimum absolute atomic E-state index is 0.0982. The largest absolute Gasteiger partial charge is 0.508 e. The highest BCUT2D eigenvalue weighted by Gasteiger charge is 2.53. The first-order valence-corrected chi connectivity index (χ1v) is 13.9. The summed E-state index contributed by atoms with van der Waals surface area (Å²) in [7, 11) is 1.64. The molecule has 4 atom stereocenters. The molecule has 1 N–H and O–H groups in total. The van der Waals surface area contributed by atoms with Crippen LogP contribution < -0.4 is 9.47 Å². The van der Waals surface area contributed by atoms with Crippen molar-refractivity contribution in [3.63, 3.8) is 0 Å². The number of rotatable bonds is 6. The van der Waals surface area contributed by atoms with Gasteiger partial charge in [0.05, 0.1) is 13.3 Å². The van der Waals surface area contributed by atoms with Gasteiger partial charge in [0, 0.05) is 16.7 Å². The third kappa shape index (κ3) is 4.93. The van der Waals surface area contributed by atoms with Gasteiger partial charge in [0.15, 0.2) is 0 Å². The molecule has 0 spiro atoms. The molecule has 3 aliphatic rings. The third-order valence-corrected chi connectivity index (χ3v) is 9.35. The van der Waals surface area contributed by atoms with Gasteiger partial charge in [-0.1, -0.05) is 13.0 Å². The first-order valence-electron chi connectivity index (χ1n) is 13.9. The second kappa shape index (κ2) is 10.5.